The molecule has 9 heteroatoms. The van der Waals surface area contributed by atoms with Crippen molar-refractivity contribution >= 4 is 23.7 Å². The van der Waals surface area contributed by atoms with Gasteiger partial charge >= 0.3 is 5.97 Å². The van der Waals surface area contributed by atoms with Gasteiger partial charge in [-0.1, -0.05) is 55.4 Å². The fraction of sp³-hybridized carbons (Fsp3) is 0.370. The third-order valence-corrected chi connectivity index (χ3v) is 6.56. The molecule has 0 saturated heterocycles. The highest BCUT2D eigenvalue weighted by molar-refractivity contribution is 7.98. The van der Waals surface area contributed by atoms with E-state index in [1.165, 1.54) is 17.8 Å². The second-order valence-electron chi connectivity index (χ2n) is 8.83. The molecule has 0 saturated carbocycles. The smallest absolute Gasteiger partial charge is 0.338 e. The highest BCUT2D eigenvalue weighted by Gasteiger charge is 2.35. The monoisotopic (exact) mass is 510 g/mol. The zero-order valence-corrected chi connectivity index (χ0v) is 21.8. The number of anilines is 1. The van der Waals surface area contributed by atoms with Gasteiger partial charge in [-0.05, 0) is 56.5 Å². The molecule has 1 aliphatic heterocycles. The summed E-state index contributed by atoms with van der Waals surface area (Å²) < 4.78 is 27.2. The van der Waals surface area contributed by atoms with Crippen LogP contribution in [0.15, 0.2) is 65.0 Å². The molecule has 4 rings (SSSR count). The first-order valence-electron chi connectivity index (χ1n) is 12.1. The Kier molecular flexibility index (Phi) is 8.30. The Hall–Kier alpha value is -3.33. The van der Waals surface area contributed by atoms with E-state index in [4.69, 9.17) is 14.6 Å². The second kappa shape index (κ2) is 11.6. The third kappa shape index (κ3) is 5.90. The molecule has 0 bridgehead atoms. The Morgan fingerprint density at radius 3 is 2.64 bits per heavy atom. The molecule has 2 aromatic carbocycles. The number of rotatable bonds is 10. The molecule has 0 amide bonds. The van der Waals surface area contributed by atoms with Crippen LogP contribution < -0.4 is 10.1 Å². The number of halogens is 1. The summed E-state index contributed by atoms with van der Waals surface area (Å²) in [5.74, 6) is 0.998. The summed E-state index contributed by atoms with van der Waals surface area (Å²) in [6, 6.07) is 13.8. The number of hydrogen-bond donors (Lipinski definition) is 1. The lowest BCUT2D eigenvalue weighted by atomic mass is 9.95. The minimum Gasteiger partial charge on any atom is -0.494 e. The van der Waals surface area contributed by atoms with Gasteiger partial charge in [0.1, 0.15) is 17.6 Å². The van der Waals surface area contributed by atoms with Crippen molar-refractivity contribution in [3.63, 3.8) is 0 Å². The average molecular weight is 511 g/mol. The highest BCUT2D eigenvalue weighted by atomic mass is 32.2. The van der Waals surface area contributed by atoms with Crippen molar-refractivity contribution in [1.29, 1.82) is 0 Å². The van der Waals surface area contributed by atoms with E-state index >= 15 is 0 Å². The number of thioether (sulfide) groups is 1. The van der Waals surface area contributed by atoms with Crippen LogP contribution in [0.25, 0.3) is 0 Å². The van der Waals surface area contributed by atoms with Crippen molar-refractivity contribution in [3.05, 3.63) is 76.7 Å². The number of unbranched alkanes of at least 4 members (excludes halogenated alkanes) is 1. The molecule has 1 atom stereocenters. The van der Waals surface area contributed by atoms with E-state index in [2.05, 4.69) is 17.2 Å². The highest BCUT2D eigenvalue weighted by Crippen LogP contribution is 2.37. The van der Waals surface area contributed by atoms with E-state index in [-0.39, 0.29) is 11.9 Å². The first kappa shape index (κ1) is 25.8. The van der Waals surface area contributed by atoms with Gasteiger partial charge in [-0.15, -0.1) is 5.10 Å². The molecular weight excluding hydrogens is 479 g/mol. The molecule has 0 spiro atoms. The van der Waals surface area contributed by atoms with E-state index in [1.54, 1.807) is 22.9 Å². The number of ether oxygens (including phenoxy) is 2. The number of esters is 1. The van der Waals surface area contributed by atoms with E-state index in [1.807, 2.05) is 45.0 Å². The van der Waals surface area contributed by atoms with Crippen molar-refractivity contribution in [3.8, 4) is 5.75 Å². The van der Waals surface area contributed by atoms with Crippen LogP contribution in [0.3, 0.4) is 0 Å². The van der Waals surface area contributed by atoms with E-state index in [0.717, 1.165) is 24.2 Å². The number of benzene rings is 2. The maximum atomic E-state index is 14.1. The predicted molar refractivity (Wildman–Crippen MR) is 139 cm³/mol. The van der Waals surface area contributed by atoms with Crippen LogP contribution in [0, 0.1) is 5.82 Å². The first-order chi connectivity index (χ1) is 17.4. The fourth-order valence-corrected chi connectivity index (χ4v) is 4.70. The maximum Gasteiger partial charge on any atom is 0.338 e. The van der Waals surface area contributed by atoms with Crippen molar-refractivity contribution in [2.75, 3.05) is 11.9 Å². The first-order valence-corrected chi connectivity index (χ1v) is 13.1. The second-order valence-corrected chi connectivity index (χ2v) is 9.78. The summed E-state index contributed by atoms with van der Waals surface area (Å²) in [7, 11) is 0. The summed E-state index contributed by atoms with van der Waals surface area (Å²) in [5, 5.41) is 8.37. The molecule has 2 heterocycles. The molecule has 1 aliphatic rings. The zero-order chi connectivity index (χ0) is 25.7. The maximum absolute atomic E-state index is 14.1. The van der Waals surface area contributed by atoms with E-state index < -0.39 is 12.0 Å². The van der Waals surface area contributed by atoms with Gasteiger partial charge in [0.2, 0.25) is 11.1 Å². The molecule has 36 heavy (non-hydrogen) atoms. The van der Waals surface area contributed by atoms with Crippen LogP contribution >= 0.6 is 11.8 Å². The molecule has 190 valence electrons. The van der Waals surface area contributed by atoms with Crippen molar-refractivity contribution in [1.82, 2.24) is 14.8 Å². The number of allylic oxidation sites excluding steroid dienone is 1. The van der Waals surface area contributed by atoms with Crippen LogP contribution in [0.5, 0.6) is 5.75 Å². The number of nitrogens with zero attached hydrogens (tertiary/aromatic N) is 3. The minimum absolute atomic E-state index is 0.262. The van der Waals surface area contributed by atoms with Crippen LogP contribution in [0.4, 0.5) is 10.3 Å². The minimum atomic E-state index is -0.535. The van der Waals surface area contributed by atoms with Gasteiger partial charge in [0.15, 0.2) is 0 Å². The molecule has 0 radical (unpaired) electrons. The summed E-state index contributed by atoms with van der Waals surface area (Å²) in [6.07, 6.45) is 1.78. The summed E-state index contributed by atoms with van der Waals surface area (Å²) >= 11 is 1.34. The zero-order valence-electron chi connectivity index (χ0n) is 21.0. The molecule has 1 unspecified atom stereocenters. The number of nitrogens with one attached hydrogen (secondary N) is 1. The number of carbonyl (C=O) groups is 1. The number of aromatic nitrogens is 3. The fourth-order valence-electron chi connectivity index (χ4n) is 3.88. The van der Waals surface area contributed by atoms with Gasteiger partial charge in [0, 0.05) is 11.4 Å². The molecule has 1 N–H and O–H groups in total. The lowest BCUT2D eigenvalue weighted by Crippen LogP contribution is -2.30. The SMILES string of the molecule is CCCCOc1ccc(C2C(C(=O)OC(C)C)=C(C)Nc3nc(SCc4ccccc4F)nn32)cc1. The topological polar surface area (TPSA) is 78.3 Å². The van der Waals surface area contributed by atoms with Gasteiger partial charge in [0.25, 0.3) is 0 Å². The number of fused-ring (bicyclic) bond motifs is 1. The molecular formula is C27H31FN4O3S. The summed E-state index contributed by atoms with van der Waals surface area (Å²) in [6.45, 7) is 8.24. The average Bonchev–Trinajstić information content (AvgIpc) is 3.25. The predicted octanol–water partition coefficient (Wildman–Crippen LogP) is 6.13. The van der Waals surface area contributed by atoms with Gasteiger partial charge < -0.3 is 14.8 Å². The normalized spacial score (nSPS) is 15.0. The summed E-state index contributed by atoms with van der Waals surface area (Å²) in [5.41, 5.74) is 2.55. The van der Waals surface area contributed by atoms with E-state index in [0.29, 0.717) is 40.3 Å². The number of hydrogen-bond acceptors (Lipinski definition) is 7. The van der Waals surface area contributed by atoms with Crippen LogP contribution in [-0.4, -0.2) is 33.4 Å². The van der Waals surface area contributed by atoms with Crippen LogP contribution in [0.1, 0.15) is 57.7 Å². The summed E-state index contributed by atoms with van der Waals surface area (Å²) in [4.78, 5) is 17.8. The Morgan fingerprint density at radius 2 is 1.94 bits per heavy atom. The Bertz CT molecular complexity index is 1240. The molecule has 0 fully saturated rings. The largest absolute Gasteiger partial charge is 0.494 e. The van der Waals surface area contributed by atoms with Crippen molar-refractivity contribution in [2.24, 2.45) is 0 Å². The standard InChI is InChI=1S/C27H31FN4O3S/c1-5-6-15-34-21-13-11-19(12-14-21)24-23(25(33)35-17(2)3)18(4)29-26-30-27(31-32(24)26)36-16-20-9-7-8-10-22(20)28/h7-14,17,24H,5-6,15-16H2,1-4H3,(H,29,30,31). The Morgan fingerprint density at radius 1 is 1.19 bits per heavy atom. The lowest BCUT2D eigenvalue weighted by molar-refractivity contribution is -0.143. The molecule has 7 nitrogen and oxygen atoms in total. The van der Waals surface area contributed by atoms with Gasteiger partial charge in [-0.25, -0.2) is 13.9 Å². The van der Waals surface area contributed by atoms with Gasteiger partial charge in [-0.2, -0.15) is 4.98 Å². The van der Waals surface area contributed by atoms with Crippen LogP contribution in [-0.2, 0) is 15.3 Å². The number of carbonyl (C=O) groups excluding carboxylic acids is 1. The Balaban J connectivity index is 1.65. The van der Waals surface area contributed by atoms with Gasteiger partial charge in [0.05, 0.1) is 18.3 Å². The van der Waals surface area contributed by atoms with Crippen molar-refractivity contribution < 1.29 is 18.7 Å². The molecule has 3 aromatic rings. The third-order valence-electron chi connectivity index (χ3n) is 5.67. The Labute approximate surface area is 215 Å². The van der Waals surface area contributed by atoms with Crippen LogP contribution in [0.2, 0.25) is 0 Å². The quantitative estimate of drug-likeness (QED) is 0.200. The molecule has 0 aliphatic carbocycles. The van der Waals surface area contributed by atoms with Crippen molar-refractivity contribution in [2.45, 2.75) is 63.6 Å². The molecule has 1 aromatic heterocycles. The van der Waals surface area contributed by atoms with Gasteiger partial charge in [-0.3, -0.25) is 0 Å². The lowest BCUT2D eigenvalue weighted by Gasteiger charge is -2.28. The van der Waals surface area contributed by atoms with E-state index in [9.17, 15) is 9.18 Å².